The number of nitriles is 1. The van der Waals surface area contributed by atoms with Crippen molar-refractivity contribution in [3.8, 4) is 6.07 Å². The lowest BCUT2D eigenvalue weighted by atomic mass is 9.98. The highest BCUT2D eigenvalue weighted by molar-refractivity contribution is 5.84. The number of aryl methyl sites for hydroxylation is 2. The Labute approximate surface area is 182 Å². The second-order valence-corrected chi connectivity index (χ2v) is 7.82. The van der Waals surface area contributed by atoms with Crippen LogP contribution in [-0.2, 0) is 27.1 Å². The topological polar surface area (TPSA) is 51.5 Å². The maximum atomic E-state index is 15.1. The van der Waals surface area contributed by atoms with Gasteiger partial charge in [-0.2, -0.15) is 5.26 Å². The number of nitrogens with zero attached hydrogens (tertiary/aromatic N) is 1. The predicted octanol–water partition coefficient (Wildman–Crippen LogP) is 5.48. The quantitative estimate of drug-likeness (QED) is 0.509. The van der Waals surface area contributed by atoms with Crippen molar-refractivity contribution in [3.05, 3.63) is 82.7 Å². The minimum absolute atomic E-state index is 0.0345. The lowest BCUT2D eigenvalue weighted by Gasteiger charge is -2.29. The first-order chi connectivity index (χ1) is 15.2. The van der Waals surface area contributed by atoms with Crippen LogP contribution in [0.2, 0.25) is 0 Å². The summed E-state index contributed by atoms with van der Waals surface area (Å²) in [7, 11) is 0. The third-order valence-corrected chi connectivity index (χ3v) is 5.52. The molecule has 4 nitrogen and oxygen atoms in total. The van der Waals surface area contributed by atoms with Gasteiger partial charge in [0.05, 0.1) is 24.8 Å². The summed E-state index contributed by atoms with van der Waals surface area (Å²) in [6.45, 7) is 3.75. The molecular weight excluding hydrogens is 393 g/mol. The molecule has 1 aliphatic rings. The maximum Gasteiger partial charge on any atom is 0.184 e. The van der Waals surface area contributed by atoms with Crippen LogP contribution in [0.25, 0.3) is 10.8 Å². The number of rotatable bonds is 7. The molecule has 0 bridgehead atoms. The van der Waals surface area contributed by atoms with E-state index in [0.29, 0.717) is 42.8 Å². The van der Waals surface area contributed by atoms with E-state index < -0.39 is 6.29 Å². The average molecular weight is 419 g/mol. The molecule has 31 heavy (non-hydrogen) atoms. The smallest absolute Gasteiger partial charge is 0.184 e. The lowest BCUT2D eigenvalue weighted by Crippen LogP contribution is -2.33. The number of ether oxygens (including phenoxy) is 3. The van der Waals surface area contributed by atoms with Gasteiger partial charge in [0.15, 0.2) is 6.29 Å². The highest BCUT2D eigenvalue weighted by Gasteiger charge is 2.24. The van der Waals surface area contributed by atoms with Crippen LogP contribution in [0, 0.1) is 17.1 Å². The molecule has 0 amide bonds. The minimum atomic E-state index is -0.454. The Bertz CT molecular complexity index is 1070. The third kappa shape index (κ3) is 5.11. The standard InChI is InChI=1S/C26H26FNO3/c1-2-13-29-23-16-30-26(31-17-23)22-11-12-24-21(14-22)10-9-20(25(24)27)8-7-18-3-5-19(15-28)6-4-18/h3-6,9-12,14,23,26H,2,7-8,13,16-17H2,1H3. The number of fused-ring (bicyclic) bond motifs is 1. The van der Waals surface area contributed by atoms with Gasteiger partial charge in [0.2, 0.25) is 0 Å². The first kappa shape index (κ1) is 21.5. The SMILES string of the molecule is CCCOC1COC(c2ccc3c(F)c(CCc4ccc(C#N)cc4)ccc3c2)OC1. The van der Waals surface area contributed by atoms with Gasteiger partial charge in [-0.15, -0.1) is 0 Å². The van der Waals surface area contributed by atoms with Gasteiger partial charge in [-0.05, 0) is 54.0 Å². The fraction of sp³-hybridized carbons (Fsp3) is 0.346. The molecule has 3 aromatic rings. The Morgan fingerprint density at radius 1 is 1.03 bits per heavy atom. The van der Waals surface area contributed by atoms with E-state index in [1.807, 2.05) is 36.4 Å². The second kappa shape index (κ2) is 10.0. The van der Waals surface area contributed by atoms with Crippen LogP contribution in [0.1, 0.15) is 41.9 Å². The summed E-state index contributed by atoms with van der Waals surface area (Å²) in [4.78, 5) is 0. The van der Waals surface area contributed by atoms with Crippen LogP contribution >= 0.6 is 0 Å². The molecular formula is C26H26FNO3. The number of halogens is 1. The highest BCUT2D eigenvalue weighted by Crippen LogP contribution is 2.29. The molecule has 0 unspecified atom stereocenters. The molecule has 1 fully saturated rings. The minimum Gasteiger partial charge on any atom is -0.373 e. The molecule has 0 aliphatic carbocycles. The summed E-state index contributed by atoms with van der Waals surface area (Å²) >= 11 is 0. The van der Waals surface area contributed by atoms with Gasteiger partial charge in [0.1, 0.15) is 11.9 Å². The van der Waals surface area contributed by atoms with Crippen LogP contribution in [0.5, 0.6) is 0 Å². The molecule has 1 heterocycles. The molecule has 160 valence electrons. The normalized spacial score (nSPS) is 18.7. The molecule has 1 aliphatic heterocycles. The summed E-state index contributed by atoms with van der Waals surface area (Å²) in [5.41, 5.74) is 3.28. The van der Waals surface area contributed by atoms with Crippen LogP contribution in [0.4, 0.5) is 4.39 Å². The molecule has 0 aromatic heterocycles. The van der Waals surface area contributed by atoms with Crippen molar-refractivity contribution in [2.24, 2.45) is 0 Å². The molecule has 4 rings (SSSR count). The molecule has 3 aromatic carbocycles. The zero-order valence-electron chi connectivity index (χ0n) is 17.6. The van der Waals surface area contributed by atoms with Crippen molar-refractivity contribution < 1.29 is 18.6 Å². The average Bonchev–Trinajstić information content (AvgIpc) is 2.83. The van der Waals surface area contributed by atoms with Gasteiger partial charge >= 0.3 is 0 Å². The van der Waals surface area contributed by atoms with Gasteiger partial charge in [0.25, 0.3) is 0 Å². The number of hydrogen-bond acceptors (Lipinski definition) is 4. The van der Waals surface area contributed by atoms with E-state index in [2.05, 4.69) is 13.0 Å². The van der Waals surface area contributed by atoms with Gasteiger partial charge in [0, 0.05) is 17.6 Å². The van der Waals surface area contributed by atoms with Crippen molar-refractivity contribution in [1.82, 2.24) is 0 Å². The summed E-state index contributed by atoms with van der Waals surface area (Å²) in [5, 5.41) is 10.3. The predicted molar refractivity (Wildman–Crippen MR) is 117 cm³/mol. The third-order valence-electron chi connectivity index (χ3n) is 5.52. The van der Waals surface area contributed by atoms with E-state index in [-0.39, 0.29) is 11.9 Å². The summed E-state index contributed by atoms with van der Waals surface area (Å²) in [6, 6.07) is 18.9. The zero-order valence-corrected chi connectivity index (χ0v) is 17.6. The van der Waals surface area contributed by atoms with Crippen molar-refractivity contribution in [2.45, 2.75) is 38.6 Å². The molecule has 1 saturated heterocycles. The van der Waals surface area contributed by atoms with Gasteiger partial charge in [-0.1, -0.05) is 43.3 Å². The van der Waals surface area contributed by atoms with E-state index >= 15 is 4.39 Å². The first-order valence-electron chi connectivity index (χ1n) is 10.7. The fourth-order valence-electron chi connectivity index (χ4n) is 3.78. The summed E-state index contributed by atoms with van der Waals surface area (Å²) < 4.78 is 32.4. The molecule has 0 spiro atoms. The van der Waals surface area contributed by atoms with Gasteiger partial charge in [-0.25, -0.2) is 4.39 Å². The summed E-state index contributed by atoms with van der Waals surface area (Å²) in [5.74, 6) is -0.184. The Hall–Kier alpha value is -2.78. The van der Waals surface area contributed by atoms with E-state index in [1.165, 1.54) is 0 Å². The Morgan fingerprint density at radius 3 is 2.52 bits per heavy atom. The maximum absolute atomic E-state index is 15.1. The first-order valence-corrected chi connectivity index (χ1v) is 10.7. The van der Waals surface area contributed by atoms with E-state index in [0.717, 1.165) is 29.4 Å². The summed E-state index contributed by atoms with van der Waals surface area (Å²) in [6.07, 6.45) is 1.80. The Kier molecular flexibility index (Phi) is 6.93. The van der Waals surface area contributed by atoms with Crippen molar-refractivity contribution in [1.29, 1.82) is 5.26 Å². The molecule has 0 atom stereocenters. The number of hydrogen-bond donors (Lipinski definition) is 0. The molecule has 0 radical (unpaired) electrons. The zero-order chi connectivity index (χ0) is 21.6. The fourth-order valence-corrected chi connectivity index (χ4v) is 3.78. The monoisotopic (exact) mass is 419 g/mol. The Morgan fingerprint density at radius 2 is 1.81 bits per heavy atom. The molecule has 0 saturated carbocycles. The van der Waals surface area contributed by atoms with Crippen LogP contribution < -0.4 is 0 Å². The van der Waals surface area contributed by atoms with E-state index in [4.69, 9.17) is 19.5 Å². The van der Waals surface area contributed by atoms with Gasteiger partial charge < -0.3 is 14.2 Å². The Balaban J connectivity index is 1.43. The lowest BCUT2D eigenvalue weighted by molar-refractivity contribution is -0.230. The van der Waals surface area contributed by atoms with Gasteiger partial charge in [-0.3, -0.25) is 0 Å². The van der Waals surface area contributed by atoms with E-state index in [9.17, 15) is 0 Å². The second-order valence-electron chi connectivity index (χ2n) is 7.82. The van der Waals surface area contributed by atoms with Crippen molar-refractivity contribution >= 4 is 10.8 Å². The van der Waals surface area contributed by atoms with Crippen LogP contribution in [-0.4, -0.2) is 25.9 Å². The largest absolute Gasteiger partial charge is 0.373 e. The van der Waals surface area contributed by atoms with Crippen LogP contribution in [0.3, 0.4) is 0 Å². The number of benzene rings is 3. The van der Waals surface area contributed by atoms with Crippen molar-refractivity contribution in [3.63, 3.8) is 0 Å². The molecule has 0 N–H and O–H groups in total. The highest BCUT2D eigenvalue weighted by atomic mass is 19.1. The van der Waals surface area contributed by atoms with E-state index in [1.54, 1.807) is 18.2 Å². The van der Waals surface area contributed by atoms with Crippen LogP contribution in [0.15, 0.2) is 54.6 Å². The molecule has 5 heteroatoms. The van der Waals surface area contributed by atoms with Crippen molar-refractivity contribution in [2.75, 3.05) is 19.8 Å².